The first-order valence-corrected chi connectivity index (χ1v) is 17.4. The summed E-state index contributed by atoms with van der Waals surface area (Å²) in [5.41, 5.74) is 7.06. The Morgan fingerprint density at radius 1 is 0.744 bits per heavy atom. The number of hydrogen-bond donors (Lipinski definition) is 0. The van der Waals surface area contributed by atoms with Crippen LogP contribution in [0.4, 0.5) is 5.69 Å². The summed E-state index contributed by atoms with van der Waals surface area (Å²) in [6.45, 7) is 3.90. The van der Waals surface area contributed by atoms with Gasteiger partial charge in [-0.2, -0.15) is 0 Å². The minimum Gasteiger partial charge on any atom is -0.744 e. The van der Waals surface area contributed by atoms with E-state index in [0.29, 0.717) is 27.9 Å². The maximum Gasteiger partial charge on any atom is 1.00 e. The second-order valence-electron chi connectivity index (χ2n) is 11.9. The molecule has 0 fully saturated rings. The minimum atomic E-state index is -5.16. The predicted molar refractivity (Wildman–Crippen MR) is 153 cm³/mol. The van der Waals surface area contributed by atoms with Crippen molar-refractivity contribution < 1.29 is 60.2 Å². The van der Waals surface area contributed by atoms with Crippen molar-refractivity contribution >= 4 is 31.5 Å². The Kier molecular flexibility index (Phi) is 7.13. The van der Waals surface area contributed by atoms with Gasteiger partial charge in [0, 0.05) is 64.7 Å². The van der Waals surface area contributed by atoms with Crippen LogP contribution in [0.3, 0.4) is 0 Å². The Balaban J connectivity index is 0.00000300. The molecule has 0 spiro atoms. The van der Waals surface area contributed by atoms with Gasteiger partial charge in [-0.1, -0.05) is 6.07 Å². The zero-order valence-electron chi connectivity index (χ0n) is 23.9. The van der Waals surface area contributed by atoms with Gasteiger partial charge < -0.3 is 18.7 Å². The molecule has 9 nitrogen and oxygen atoms in total. The van der Waals surface area contributed by atoms with Crippen LogP contribution in [0, 0.1) is 0 Å². The van der Waals surface area contributed by atoms with E-state index in [-0.39, 0.29) is 35.1 Å². The van der Waals surface area contributed by atoms with Crippen molar-refractivity contribution in [2.24, 2.45) is 0 Å². The van der Waals surface area contributed by atoms with Crippen molar-refractivity contribution in [1.82, 2.24) is 4.58 Å². The molecule has 0 saturated heterocycles. The Morgan fingerprint density at radius 3 is 2.19 bits per heavy atom. The molecule has 0 radical (unpaired) electrons. The smallest absolute Gasteiger partial charge is 0.744 e. The number of benzene rings is 3. The van der Waals surface area contributed by atoms with Gasteiger partial charge in [-0.05, 0) is 68.4 Å². The Morgan fingerprint density at radius 2 is 1.44 bits per heavy atom. The molecule has 0 aromatic heterocycles. The van der Waals surface area contributed by atoms with Gasteiger partial charge in [-0.25, -0.2) is 21.4 Å². The minimum absolute atomic E-state index is 0. The van der Waals surface area contributed by atoms with Gasteiger partial charge >= 0.3 is 29.6 Å². The number of rotatable bonds is 3. The molecule has 0 aliphatic carbocycles. The van der Waals surface area contributed by atoms with E-state index in [1.165, 1.54) is 17.1 Å². The van der Waals surface area contributed by atoms with E-state index in [4.69, 9.17) is 4.74 Å². The van der Waals surface area contributed by atoms with Crippen LogP contribution >= 0.6 is 0 Å². The first-order valence-electron chi connectivity index (χ1n) is 14.6. The van der Waals surface area contributed by atoms with Crippen LogP contribution < -0.4 is 54.3 Å². The molecule has 8 rings (SSSR count). The van der Waals surface area contributed by atoms with E-state index >= 15 is 0 Å². The third-order valence-electron chi connectivity index (χ3n) is 9.47. The molecule has 3 aromatic rings. The normalized spacial score (nSPS) is 18.5. The van der Waals surface area contributed by atoms with Crippen LogP contribution in [0.1, 0.15) is 59.1 Å². The molecule has 5 aliphatic rings. The van der Waals surface area contributed by atoms with Crippen molar-refractivity contribution in [3.63, 3.8) is 0 Å². The molecule has 43 heavy (non-hydrogen) atoms. The average Bonchev–Trinajstić information content (AvgIpc) is 2.96. The quantitative estimate of drug-likeness (QED) is 0.160. The number of fused-ring (bicyclic) bond motifs is 4. The van der Waals surface area contributed by atoms with Gasteiger partial charge in [0.1, 0.15) is 44.8 Å². The van der Waals surface area contributed by atoms with Crippen LogP contribution in [-0.4, -0.2) is 52.1 Å². The van der Waals surface area contributed by atoms with Gasteiger partial charge in [0.05, 0.1) is 15.4 Å². The molecule has 0 amide bonds. The van der Waals surface area contributed by atoms with Crippen LogP contribution in [0.15, 0.2) is 40.1 Å². The summed E-state index contributed by atoms with van der Waals surface area (Å²) in [6.07, 6.45) is 7.32. The maximum atomic E-state index is 12.7. The van der Waals surface area contributed by atoms with Crippen LogP contribution in [0.25, 0.3) is 5.57 Å². The van der Waals surface area contributed by atoms with Crippen LogP contribution in [0.5, 0.6) is 11.5 Å². The number of ether oxygens (including phenoxy) is 1. The topological polar surface area (TPSA) is 130 Å². The third-order valence-corrected chi connectivity index (χ3v) is 11.2. The number of hydrogen-bond acceptors (Lipinski definition) is 8. The fourth-order valence-corrected chi connectivity index (χ4v) is 9.16. The van der Waals surface area contributed by atoms with Crippen molar-refractivity contribution in [1.29, 1.82) is 0 Å². The van der Waals surface area contributed by atoms with Crippen LogP contribution in [0.2, 0.25) is 0 Å². The molecule has 0 atom stereocenters. The zero-order valence-corrected chi connectivity index (χ0v) is 27.6. The van der Waals surface area contributed by atoms with Gasteiger partial charge in [0.2, 0.25) is 5.36 Å². The first-order chi connectivity index (χ1) is 20.1. The summed E-state index contributed by atoms with van der Waals surface area (Å²) in [6, 6.07) is 7.26. The standard InChI is InChI=1S/C31H30N2O7S2.Na/c34-41(35,36)20-9-10-21(26(17-20)42(37,38)39)27-24-15-18-5-1-11-32-13-3-7-22(28(18)32)30(24)40-31-23-8-4-14-33-12-2-6-19(29(23)33)16-25(27)31;/h9-10,15-17H,1-8,11-14H2,(H-,34,35,36,37,38,39);/q;+1/p-1. The molecule has 0 bridgehead atoms. The van der Waals surface area contributed by atoms with Crippen molar-refractivity contribution in [3.05, 3.63) is 74.3 Å². The summed E-state index contributed by atoms with van der Waals surface area (Å²) in [7, 11) is -10.2. The Hall–Kier alpha value is -2.25. The third kappa shape index (κ3) is 4.62. The van der Waals surface area contributed by atoms with Crippen LogP contribution in [-0.2, 0) is 45.9 Å². The molecule has 5 heterocycles. The van der Waals surface area contributed by atoms with Crippen molar-refractivity contribution in [3.8, 4) is 11.5 Å². The van der Waals surface area contributed by atoms with Crippen molar-refractivity contribution in [2.75, 3.05) is 31.1 Å². The fourth-order valence-electron chi connectivity index (χ4n) is 7.88. The number of anilines is 1. The van der Waals surface area contributed by atoms with Gasteiger partial charge in [-0.3, -0.25) is 0 Å². The molecular weight excluding hydrogens is 599 g/mol. The van der Waals surface area contributed by atoms with E-state index in [2.05, 4.69) is 21.6 Å². The summed E-state index contributed by atoms with van der Waals surface area (Å²) in [5, 5.41) is 1.91. The summed E-state index contributed by atoms with van der Waals surface area (Å²) in [4.78, 5) is 0.951. The molecule has 218 valence electrons. The van der Waals surface area contributed by atoms with Crippen molar-refractivity contribution in [2.45, 2.75) is 61.2 Å². The SMILES string of the molecule is O=S(=O)([O-])c1ccc(C2=c3cc4c5c(c3Oc3c2cc2c6c3CCCN6CCC2)CCC[N+]=5CCC4)c(S(=O)(=O)[O-])c1.[Na+]. The molecule has 5 aliphatic heterocycles. The monoisotopic (exact) mass is 628 g/mol. The largest absolute Gasteiger partial charge is 1.00 e. The van der Waals surface area contributed by atoms with E-state index in [9.17, 15) is 25.9 Å². The van der Waals surface area contributed by atoms with E-state index in [1.54, 1.807) is 0 Å². The van der Waals surface area contributed by atoms with Gasteiger partial charge in [0.25, 0.3) is 0 Å². The molecule has 0 unspecified atom stereocenters. The molecular formula is C31H29N2NaO7S2. The van der Waals surface area contributed by atoms with E-state index in [1.807, 2.05) is 0 Å². The number of aryl methyl sites for hydroxylation is 2. The van der Waals surface area contributed by atoms with Gasteiger partial charge in [-0.15, -0.1) is 0 Å². The molecule has 0 N–H and O–H groups in total. The molecule has 12 heteroatoms. The van der Waals surface area contributed by atoms with Gasteiger partial charge in [0.15, 0.2) is 0 Å². The zero-order chi connectivity index (χ0) is 29.0. The number of nitrogens with zero attached hydrogens (tertiary/aromatic N) is 2. The second-order valence-corrected chi connectivity index (χ2v) is 14.6. The van der Waals surface area contributed by atoms with E-state index in [0.717, 1.165) is 112 Å². The molecule has 0 saturated carbocycles. The Bertz CT molecular complexity index is 2090. The second kappa shape index (κ2) is 10.4. The molecule has 3 aromatic carbocycles. The predicted octanol–water partition coefficient (Wildman–Crippen LogP) is -1.07. The first kappa shape index (κ1) is 29.5. The maximum absolute atomic E-state index is 12.7. The summed E-state index contributed by atoms with van der Waals surface area (Å²) in [5.74, 6) is 1.36. The van der Waals surface area contributed by atoms with E-state index < -0.39 is 30.0 Å². The average molecular weight is 629 g/mol. The Labute approximate surface area is 272 Å². The summed E-state index contributed by atoms with van der Waals surface area (Å²) >= 11 is 0. The summed E-state index contributed by atoms with van der Waals surface area (Å²) < 4.78 is 83.1. The fraction of sp³-hybridized carbons (Fsp3) is 0.387.